The van der Waals surface area contributed by atoms with E-state index in [0.717, 1.165) is 0 Å². The van der Waals surface area contributed by atoms with Gasteiger partial charge in [0.15, 0.2) is 7.38 Å². The molecule has 0 aliphatic rings. The first-order valence-corrected chi connectivity index (χ1v) is 24.4. The lowest BCUT2D eigenvalue weighted by Gasteiger charge is -2.45. The molecule has 46 heavy (non-hydrogen) atoms. The second kappa shape index (κ2) is 14.2. The van der Waals surface area contributed by atoms with Gasteiger partial charge in [0.2, 0.25) is 0 Å². The Kier molecular flexibility index (Phi) is 14.2. The Hall–Kier alpha value is -0.182. The van der Waals surface area contributed by atoms with Crippen LogP contribution in [0.5, 0.6) is 0 Å². The Bertz CT molecular complexity index is 934. The molecule has 0 radical (unpaired) electrons. The van der Waals surface area contributed by atoms with Crippen LogP contribution in [-0.2, 0) is 8.85 Å². The fourth-order valence-electron chi connectivity index (χ4n) is 4.01. The maximum absolute atomic E-state index is 15.1. The normalized spacial score (nSPS) is 17.2. The van der Waals surface area contributed by atoms with Crippen LogP contribution in [0.25, 0.3) is 0 Å². The highest BCUT2D eigenvalue weighted by atomic mass is 35.6. The molecule has 0 N–H and O–H groups in total. The molecule has 1 unspecified atom stereocenters. The molecule has 0 heterocycles. The zero-order valence-electron chi connectivity index (χ0n) is 25.0. The summed E-state index contributed by atoms with van der Waals surface area (Å²) in [6, 6.07) is -0.597. The van der Waals surface area contributed by atoms with Crippen LogP contribution in [0, 0.1) is 0 Å². The summed E-state index contributed by atoms with van der Waals surface area (Å²) >= 11 is 6.32. The first-order chi connectivity index (χ1) is 19.8. The number of alkyl halides is 18. The smallest absolute Gasteiger partial charge is 0.386 e. The third kappa shape index (κ3) is 10.7. The molecule has 2 nitrogen and oxygen atoms in total. The standard InChI is InChI=1S/C21H33ClF18O2Si4/c1-44(2,20(37,38)18(33,34)14(23,24)6-8-16(27,28)29)41-13(12-46(5,22)11-10-43)42-45(3,4)21(39,40)19(35,36)15(25,26)7-9-17(30,31)32/h13H,6-12H2,1-5,43H3. The second-order valence-electron chi connectivity index (χ2n) is 12.0. The minimum Gasteiger partial charge on any atom is -0.386 e. The molecule has 0 rings (SSSR count). The van der Waals surface area contributed by atoms with Crippen molar-refractivity contribution in [1.29, 1.82) is 0 Å². The summed E-state index contributed by atoms with van der Waals surface area (Å²) < 4.78 is 260. The Morgan fingerprint density at radius 1 is 0.543 bits per heavy atom. The number of hydrogen-bond donors (Lipinski definition) is 0. The molecule has 0 saturated carbocycles. The van der Waals surface area contributed by atoms with Crippen LogP contribution in [0.3, 0.4) is 0 Å². The van der Waals surface area contributed by atoms with Crippen molar-refractivity contribution in [2.75, 3.05) is 0 Å². The summed E-state index contributed by atoms with van der Waals surface area (Å²) in [7, 11) is -14.8. The topological polar surface area (TPSA) is 18.5 Å². The molecule has 0 bridgehead atoms. The summed E-state index contributed by atoms with van der Waals surface area (Å²) in [5.41, 5.74) is -12.0. The Balaban J connectivity index is 6.77. The molecule has 0 fully saturated rings. The predicted octanol–water partition coefficient (Wildman–Crippen LogP) is 9.93. The summed E-state index contributed by atoms with van der Waals surface area (Å²) in [6.07, 6.45) is -24.5. The number of rotatable bonds is 18. The van der Waals surface area contributed by atoms with Gasteiger partial charge in [0, 0.05) is 42.0 Å². The van der Waals surface area contributed by atoms with E-state index >= 15 is 17.6 Å². The lowest BCUT2D eigenvalue weighted by atomic mass is 10.1. The molecule has 1 atom stereocenters. The zero-order chi connectivity index (χ0) is 37.4. The minimum atomic E-state index is -6.56. The highest BCUT2D eigenvalue weighted by Crippen LogP contribution is 2.55. The Morgan fingerprint density at radius 2 is 0.826 bits per heavy atom. The molecule has 0 aliphatic heterocycles. The first kappa shape index (κ1) is 45.8. The van der Waals surface area contributed by atoms with Gasteiger partial charge in [0.25, 0.3) is 16.6 Å². The molecular weight excluding hydrogens is 774 g/mol. The SMILES string of the molecule is C[Si](Cl)(CC[SiH3])CC(O[Si](C)(C)C(F)(F)C(F)(F)C(F)(F)CCC(F)(F)F)O[Si](C)(C)C(F)(F)C(F)(F)C(F)(F)CCC(F)(F)F. The van der Waals surface area contributed by atoms with Crippen molar-refractivity contribution in [3.63, 3.8) is 0 Å². The largest absolute Gasteiger partial charge is 0.389 e. The average Bonchev–Trinajstić information content (AvgIpc) is 2.79. The van der Waals surface area contributed by atoms with Crippen LogP contribution in [0.15, 0.2) is 0 Å². The van der Waals surface area contributed by atoms with Crippen molar-refractivity contribution in [3.05, 3.63) is 0 Å². The van der Waals surface area contributed by atoms with Crippen LogP contribution < -0.4 is 0 Å². The maximum atomic E-state index is 15.1. The van der Waals surface area contributed by atoms with Crippen LogP contribution in [-0.4, -0.2) is 87.7 Å². The van der Waals surface area contributed by atoms with Gasteiger partial charge in [-0.05, 0) is 32.2 Å². The average molecular weight is 807 g/mol. The highest BCUT2D eigenvalue weighted by Gasteiger charge is 2.79. The van der Waals surface area contributed by atoms with Gasteiger partial charge in [-0.3, -0.25) is 0 Å². The Labute approximate surface area is 263 Å². The van der Waals surface area contributed by atoms with Gasteiger partial charge in [-0.15, -0.1) is 0 Å². The third-order valence-corrected chi connectivity index (χ3v) is 17.5. The van der Waals surface area contributed by atoms with Gasteiger partial charge >= 0.3 is 47.1 Å². The highest BCUT2D eigenvalue weighted by molar-refractivity contribution is 7.19. The molecule has 0 aromatic rings. The van der Waals surface area contributed by atoms with E-state index in [1.165, 1.54) is 6.55 Å². The molecule has 0 aromatic heterocycles. The first-order valence-electron chi connectivity index (χ1n) is 13.2. The monoisotopic (exact) mass is 806 g/mol. The molecular formula is C21H33ClF18O2Si4. The second-order valence-corrected chi connectivity index (χ2v) is 27.2. The van der Waals surface area contributed by atoms with E-state index in [1.807, 2.05) is 0 Å². The molecule has 0 aliphatic carbocycles. The molecule has 0 aromatic carbocycles. The summed E-state index contributed by atoms with van der Waals surface area (Å²) in [6.45, 7) is 1.69. The number of hydrogen-bond acceptors (Lipinski definition) is 2. The van der Waals surface area contributed by atoms with Gasteiger partial charge in [-0.1, -0.05) is 12.6 Å². The lowest BCUT2D eigenvalue weighted by Crippen LogP contribution is -2.70. The molecule has 0 spiro atoms. The predicted molar refractivity (Wildman–Crippen MR) is 143 cm³/mol. The van der Waals surface area contributed by atoms with Crippen molar-refractivity contribution in [3.8, 4) is 0 Å². The van der Waals surface area contributed by atoms with E-state index in [1.54, 1.807) is 0 Å². The van der Waals surface area contributed by atoms with Crippen LogP contribution in [0.1, 0.15) is 25.7 Å². The van der Waals surface area contributed by atoms with Gasteiger partial charge in [0.1, 0.15) is 6.29 Å². The van der Waals surface area contributed by atoms with Crippen molar-refractivity contribution in [2.24, 2.45) is 0 Å². The fraction of sp³-hybridized carbons (Fsp3) is 1.00. The van der Waals surface area contributed by atoms with E-state index in [2.05, 4.69) is 0 Å². The van der Waals surface area contributed by atoms with Gasteiger partial charge in [0.05, 0.1) is 0 Å². The third-order valence-electron chi connectivity index (χ3n) is 6.88. The van der Waals surface area contributed by atoms with Crippen molar-refractivity contribution in [2.45, 2.75) is 130 Å². The van der Waals surface area contributed by atoms with E-state index in [4.69, 9.17) is 19.9 Å². The van der Waals surface area contributed by atoms with Crippen LogP contribution in [0.4, 0.5) is 79.0 Å². The van der Waals surface area contributed by atoms with E-state index in [9.17, 15) is 61.5 Å². The van der Waals surface area contributed by atoms with E-state index < -0.39 is 109 Å². The van der Waals surface area contributed by atoms with Gasteiger partial charge < -0.3 is 8.85 Å². The molecule has 0 amide bonds. The maximum Gasteiger partial charge on any atom is 0.389 e. The fourth-order valence-corrected chi connectivity index (χ4v) is 15.5. The van der Waals surface area contributed by atoms with E-state index in [-0.39, 0.29) is 32.2 Å². The Morgan fingerprint density at radius 3 is 1.07 bits per heavy atom. The minimum absolute atomic E-state index is 0.0259. The molecule has 278 valence electrons. The van der Waals surface area contributed by atoms with Crippen molar-refractivity contribution >= 4 is 45.3 Å². The lowest BCUT2D eigenvalue weighted by molar-refractivity contribution is -0.298. The van der Waals surface area contributed by atoms with E-state index in [0.29, 0.717) is 16.3 Å². The quantitative estimate of drug-likeness (QED) is 0.0595. The summed E-state index contributed by atoms with van der Waals surface area (Å²) in [5, 5.41) is 0. The summed E-state index contributed by atoms with van der Waals surface area (Å²) in [5.74, 6) is -25.2. The summed E-state index contributed by atoms with van der Waals surface area (Å²) in [4.78, 5) is 0. The molecule has 0 saturated heterocycles. The van der Waals surface area contributed by atoms with Crippen LogP contribution in [0.2, 0.25) is 50.9 Å². The van der Waals surface area contributed by atoms with Gasteiger partial charge in [-0.25, -0.2) is 17.6 Å². The van der Waals surface area contributed by atoms with Crippen molar-refractivity contribution < 1.29 is 87.9 Å². The zero-order valence-corrected chi connectivity index (χ0v) is 30.8. The van der Waals surface area contributed by atoms with Gasteiger partial charge in [-0.2, -0.15) is 72.5 Å². The van der Waals surface area contributed by atoms with Crippen molar-refractivity contribution in [1.82, 2.24) is 0 Å². The number of halogens is 19. The van der Waals surface area contributed by atoms with Crippen LogP contribution >= 0.6 is 11.1 Å². The molecule has 25 heteroatoms.